The van der Waals surface area contributed by atoms with Crippen LogP contribution in [0.1, 0.15) is 88.4 Å². The average Bonchev–Trinajstić information content (AvgIpc) is 3.36. The highest BCUT2D eigenvalue weighted by Gasteiger charge is 2.16. The van der Waals surface area contributed by atoms with Crippen LogP contribution in [-0.2, 0) is 9.53 Å². The summed E-state index contributed by atoms with van der Waals surface area (Å²) in [4.78, 5) is 50.2. The van der Waals surface area contributed by atoms with E-state index in [0.29, 0.717) is 50.9 Å². The fraction of sp³-hybridized carbons (Fsp3) is 0.457. The van der Waals surface area contributed by atoms with Crippen molar-refractivity contribution in [3.8, 4) is 22.5 Å². The first-order valence-electron chi connectivity index (χ1n) is 21.9. The van der Waals surface area contributed by atoms with Crippen molar-refractivity contribution in [1.29, 1.82) is 0 Å². The third-order valence-electron chi connectivity index (χ3n) is 10.2. The number of carbonyl (C=O) groups is 2. The number of rotatable bonds is 12. The van der Waals surface area contributed by atoms with Crippen LogP contribution in [-0.4, -0.2) is 94.0 Å². The smallest absolute Gasteiger partial charge is 0.212 e. The van der Waals surface area contributed by atoms with Gasteiger partial charge >= 0.3 is 0 Å². The number of halogens is 2. The molecular formula is C46H62Cl2N12O3. The van der Waals surface area contributed by atoms with E-state index in [1.54, 1.807) is 55.4 Å². The van der Waals surface area contributed by atoms with Gasteiger partial charge in [-0.15, -0.1) is 0 Å². The summed E-state index contributed by atoms with van der Waals surface area (Å²) in [6, 6.07) is 6.99. The number of aldehydes is 1. The molecule has 3 aliphatic rings. The summed E-state index contributed by atoms with van der Waals surface area (Å²) in [7, 11) is 1.82. The van der Waals surface area contributed by atoms with E-state index in [1.165, 1.54) is 76.8 Å². The lowest BCUT2D eigenvalue weighted by atomic mass is 9.89. The van der Waals surface area contributed by atoms with Crippen LogP contribution in [0.3, 0.4) is 0 Å². The first-order valence-corrected chi connectivity index (χ1v) is 22.7. The molecule has 1 saturated carbocycles. The van der Waals surface area contributed by atoms with Gasteiger partial charge in [-0.05, 0) is 87.7 Å². The normalized spacial score (nSPS) is 14.8. The molecule has 3 fully saturated rings. The summed E-state index contributed by atoms with van der Waals surface area (Å²) in [6.07, 6.45) is 27.3. The molecule has 17 heteroatoms. The van der Waals surface area contributed by atoms with Crippen molar-refractivity contribution in [2.45, 2.75) is 78.1 Å². The Hall–Kier alpha value is -5.35. The summed E-state index contributed by atoms with van der Waals surface area (Å²) in [5.41, 5.74) is 3.49. The predicted octanol–water partition coefficient (Wildman–Crippen LogP) is 9.50. The van der Waals surface area contributed by atoms with Crippen LogP contribution in [0.4, 0.5) is 23.3 Å². The van der Waals surface area contributed by atoms with Crippen LogP contribution >= 0.6 is 23.2 Å². The van der Waals surface area contributed by atoms with Crippen LogP contribution < -0.4 is 26.6 Å². The number of hydrogen-bond donors (Lipinski definition) is 5. The van der Waals surface area contributed by atoms with E-state index in [9.17, 15) is 9.59 Å². The highest BCUT2D eigenvalue weighted by atomic mass is 35.5. The summed E-state index contributed by atoms with van der Waals surface area (Å²) in [5.74, 6) is 3.98. The molecule has 0 bridgehead atoms. The quantitative estimate of drug-likeness (QED) is 0.0743. The Morgan fingerprint density at radius 3 is 1.71 bits per heavy atom. The molecule has 5 N–H and O–H groups in total. The summed E-state index contributed by atoms with van der Waals surface area (Å²) in [6.45, 7) is 9.99. The van der Waals surface area contributed by atoms with Gasteiger partial charge in [-0.1, -0.05) is 62.7 Å². The fourth-order valence-corrected chi connectivity index (χ4v) is 7.20. The van der Waals surface area contributed by atoms with Crippen molar-refractivity contribution in [2.75, 3.05) is 67.7 Å². The van der Waals surface area contributed by atoms with Crippen molar-refractivity contribution in [3.63, 3.8) is 0 Å². The number of nitrogens with zero attached hydrogens (tertiary/aromatic N) is 7. The number of aromatic nitrogens is 7. The van der Waals surface area contributed by atoms with Gasteiger partial charge in [-0.25, -0.2) is 19.9 Å². The molecule has 338 valence electrons. The monoisotopic (exact) mass is 900 g/mol. The van der Waals surface area contributed by atoms with Gasteiger partial charge in [0.15, 0.2) is 6.29 Å². The van der Waals surface area contributed by atoms with Crippen LogP contribution in [0.25, 0.3) is 22.5 Å². The maximum atomic E-state index is 10.6. The molecule has 0 spiro atoms. The first-order chi connectivity index (χ1) is 30.9. The number of piperidine rings is 1. The zero-order valence-electron chi connectivity index (χ0n) is 36.7. The van der Waals surface area contributed by atoms with Crippen molar-refractivity contribution in [3.05, 3.63) is 89.4 Å². The summed E-state index contributed by atoms with van der Waals surface area (Å²) < 4.78 is 5.38. The lowest BCUT2D eigenvalue weighted by Gasteiger charge is -2.22. The van der Waals surface area contributed by atoms with E-state index in [2.05, 4.69) is 61.5 Å². The van der Waals surface area contributed by atoms with Crippen molar-refractivity contribution < 1.29 is 14.3 Å². The minimum absolute atomic E-state index is 0.423. The van der Waals surface area contributed by atoms with E-state index in [-0.39, 0.29) is 0 Å². The number of anilines is 4. The van der Waals surface area contributed by atoms with Gasteiger partial charge in [0.1, 0.15) is 23.3 Å². The largest absolute Gasteiger partial charge is 0.381 e. The van der Waals surface area contributed by atoms with Crippen LogP contribution in [0, 0.1) is 11.8 Å². The Labute approximate surface area is 381 Å². The molecule has 0 aromatic carbocycles. The van der Waals surface area contributed by atoms with E-state index >= 15 is 0 Å². The van der Waals surface area contributed by atoms with E-state index in [1.807, 2.05) is 27.0 Å². The summed E-state index contributed by atoms with van der Waals surface area (Å²) in [5, 5.41) is 16.6. The SMILES string of the molecule is C1CCNCC1.CC.CNc1cc(-c2cncc(NCC3CCOCC3)n2)c(Cl)cn1.O=CNc1cc(-c2cncc(NCC3CCCCC3)n2)c(Cl)cn1.O=Cc1cccnc1. The van der Waals surface area contributed by atoms with Crippen molar-refractivity contribution in [1.82, 2.24) is 40.2 Å². The number of nitrogens with one attached hydrogen (secondary N) is 5. The zero-order chi connectivity index (χ0) is 44.9. The second-order valence-corrected chi connectivity index (χ2v) is 15.5. The maximum absolute atomic E-state index is 10.6. The van der Waals surface area contributed by atoms with E-state index in [0.717, 1.165) is 74.1 Å². The van der Waals surface area contributed by atoms with Gasteiger partial charge in [0.2, 0.25) is 6.41 Å². The zero-order valence-corrected chi connectivity index (χ0v) is 38.2. The molecule has 2 saturated heterocycles. The van der Waals surface area contributed by atoms with E-state index in [4.69, 9.17) is 27.9 Å². The molecule has 2 aliphatic heterocycles. The van der Waals surface area contributed by atoms with Crippen LogP contribution in [0.2, 0.25) is 10.0 Å². The Kier molecular flexibility index (Phi) is 23.8. The molecule has 5 aromatic heterocycles. The number of amides is 1. The Bertz CT molecular complexity index is 2040. The molecule has 0 radical (unpaired) electrons. The average molecular weight is 902 g/mol. The molecule has 1 amide bonds. The Morgan fingerprint density at radius 1 is 0.683 bits per heavy atom. The molecule has 8 rings (SSSR count). The minimum atomic E-state index is 0.423. The van der Waals surface area contributed by atoms with Crippen LogP contribution in [0.15, 0.2) is 73.8 Å². The first kappa shape index (κ1) is 50.3. The minimum Gasteiger partial charge on any atom is -0.381 e. The topological polar surface area (TPSA) is 194 Å². The number of pyridine rings is 3. The second kappa shape index (κ2) is 29.9. The third-order valence-corrected chi connectivity index (χ3v) is 10.8. The van der Waals surface area contributed by atoms with Crippen molar-refractivity contribution >= 4 is 59.2 Å². The molecule has 0 atom stereocenters. The Balaban J connectivity index is 0.000000206. The standard InChI is InChI=1S/C17H20ClN5O.C16H20ClN5O.C6H5NO.C5H11N.C2H6/c18-14-8-21-16(22-11-24)6-13(14)15-9-19-10-17(23-15)20-7-12-4-2-1-3-5-12;1-18-15-6-12(13(17)8-21-15)14-9-19-10-16(22-14)20-7-11-2-4-23-5-3-11;8-5-6-2-1-3-7-4-6;1-2-4-6-5-3-1;1-2/h6,8-12H,1-5,7H2,(H,20,23)(H,21,22,24);6,8-11H,2-5,7H2,1H3,(H,18,21)(H,20,22);1-5H;6H,1-5H2;1-2H3. The number of carbonyl (C=O) groups excluding carboxylic acids is 2. The van der Waals surface area contributed by atoms with Gasteiger partial charge in [0.05, 0.1) is 46.2 Å². The van der Waals surface area contributed by atoms with Gasteiger partial charge in [0, 0.05) is 74.8 Å². The molecule has 63 heavy (non-hydrogen) atoms. The lowest BCUT2D eigenvalue weighted by Crippen LogP contribution is -2.23. The second-order valence-electron chi connectivity index (χ2n) is 14.7. The molecular weight excluding hydrogens is 839 g/mol. The lowest BCUT2D eigenvalue weighted by molar-refractivity contribution is -0.105. The Morgan fingerprint density at radius 2 is 1.24 bits per heavy atom. The van der Waals surface area contributed by atoms with E-state index < -0.39 is 0 Å². The molecule has 5 aromatic rings. The highest BCUT2D eigenvalue weighted by molar-refractivity contribution is 6.33. The fourth-order valence-electron chi connectivity index (χ4n) is 6.79. The van der Waals surface area contributed by atoms with Gasteiger partial charge in [0.25, 0.3) is 0 Å². The van der Waals surface area contributed by atoms with Gasteiger partial charge in [-0.3, -0.25) is 24.5 Å². The molecule has 15 nitrogen and oxygen atoms in total. The predicted molar refractivity (Wildman–Crippen MR) is 255 cm³/mol. The van der Waals surface area contributed by atoms with Crippen molar-refractivity contribution in [2.24, 2.45) is 11.8 Å². The maximum Gasteiger partial charge on any atom is 0.212 e. The number of ether oxygens (including phenoxy) is 1. The van der Waals surface area contributed by atoms with Gasteiger partial charge < -0.3 is 31.3 Å². The molecule has 7 heterocycles. The highest BCUT2D eigenvalue weighted by Crippen LogP contribution is 2.30. The van der Waals surface area contributed by atoms with Crippen LogP contribution in [0.5, 0.6) is 0 Å². The molecule has 1 aliphatic carbocycles. The third kappa shape index (κ3) is 18.5. The number of hydrogen-bond acceptors (Lipinski definition) is 14. The molecule has 0 unspecified atom stereocenters. The van der Waals surface area contributed by atoms with Gasteiger partial charge in [-0.2, -0.15) is 0 Å². The summed E-state index contributed by atoms with van der Waals surface area (Å²) >= 11 is 12.5.